The molecule has 1 aliphatic rings. The molecule has 6 nitrogen and oxygen atoms in total. The summed E-state index contributed by atoms with van der Waals surface area (Å²) >= 11 is 0. The van der Waals surface area contributed by atoms with Crippen molar-refractivity contribution in [3.63, 3.8) is 0 Å². The summed E-state index contributed by atoms with van der Waals surface area (Å²) < 4.78 is 6.08. The van der Waals surface area contributed by atoms with E-state index < -0.39 is 0 Å². The number of piperidine rings is 1. The Hall–Kier alpha value is -2.47. The van der Waals surface area contributed by atoms with E-state index in [1.165, 1.54) is 0 Å². The van der Waals surface area contributed by atoms with Crippen LogP contribution in [0.3, 0.4) is 0 Å². The van der Waals surface area contributed by atoms with E-state index in [0.29, 0.717) is 12.6 Å². The number of aromatic nitrogens is 3. The first kappa shape index (κ1) is 17.4. The molecule has 3 rings (SSSR count). The molecule has 1 aliphatic heterocycles. The lowest BCUT2D eigenvalue weighted by atomic mass is 10.1. The fourth-order valence-electron chi connectivity index (χ4n) is 3.20. The van der Waals surface area contributed by atoms with E-state index in [1.54, 1.807) is 6.20 Å². The first-order chi connectivity index (χ1) is 12.2. The molecule has 25 heavy (non-hydrogen) atoms. The number of rotatable bonds is 6. The smallest absolute Gasteiger partial charge is 0.222 e. The van der Waals surface area contributed by atoms with E-state index in [2.05, 4.69) is 26.4 Å². The zero-order valence-electron chi connectivity index (χ0n) is 14.7. The zero-order valence-corrected chi connectivity index (χ0v) is 14.7. The molecule has 2 aromatic heterocycles. The highest BCUT2D eigenvalue weighted by Crippen LogP contribution is 2.26. The zero-order chi connectivity index (χ0) is 17.6. The molecule has 132 valence electrons. The lowest BCUT2D eigenvalue weighted by Crippen LogP contribution is -2.41. The van der Waals surface area contributed by atoms with Crippen molar-refractivity contribution >= 4 is 11.8 Å². The maximum atomic E-state index is 6.08. The van der Waals surface area contributed by atoms with Gasteiger partial charge in [0.05, 0.1) is 18.4 Å². The fraction of sp³-hybridized carbons (Fsp3) is 0.421. The van der Waals surface area contributed by atoms with Gasteiger partial charge >= 0.3 is 0 Å². The minimum atomic E-state index is 0.156. The average molecular weight is 339 g/mol. The van der Waals surface area contributed by atoms with Gasteiger partial charge in [-0.2, -0.15) is 4.98 Å². The minimum Gasteiger partial charge on any atom is -0.370 e. The molecule has 1 fully saturated rings. The largest absolute Gasteiger partial charge is 0.370 e. The lowest BCUT2D eigenvalue weighted by Gasteiger charge is -2.34. The molecule has 0 spiro atoms. The topological polar surface area (TPSA) is 77.2 Å². The summed E-state index contributed by atoms with van der Waals surface area (Å²) in [6.07, 6.45) is 6.66. The second-order valence-corrected chi connectivity index (χ2v) is 6.30. The van der Waals surface area contributed by atoms with E-state index in [4.69, 9.17) is 10.5 Å². The highest BCUT2D eigenvalue weighted by Gasteiger charge is 2.24. The minimum absolute atomic E-state index is 0.156. The molecule has 0 radical (unpaired) electrons. The Balaban J connectivity index is 1.72. The number of nitrogens with zero attached hydrogens (tertiary/aromatic N) is 4. The summed E-state index contributed by atoms with van der Waals surface area (Å²) in [6, 6.07) is 5.87. The highest BCUT2D eigenvalue weighted by atomic mass is 16.5. The van der Waals surface area contributed by atoms with Gasteiger partial charge in [0, 0.05) is 30.5 Å². The number of pyridine rings is 1. The van der Waals surface area contributed by atoms with Crippen molar-refractivity contribution in [2.45, 2.75) is 38.9 Å². The highest BCUT2D eigenvalue weighted by molar-refractivity contribution is 5.53. The second-order valence-electron chi connectivity index (χ2n) is 6.30. The van der Waals surface area contributed by atoms with Gasteiger partial charge in [-0.15, -0.1) is 6.58 Å². The maximum absolute atomic E-state index is 6.08. The third-order valence-electron chi connectivity index (χ3n) is 4.43. The van der Waals surface area contributed by atoms with Crippen molar-refractivity contribution in [3.05, 3.63) is 54.0 Å². The molecular weight excluding hydrogens is 314 g/mol. The molecule has 6 heteroatoms. The summed E-state index contributed by atoms with van der Waals surface area (Å²) in [6.45, 7) is 8.10. The number of nitrogen functional groups attached to an aromatic ring is 1. The van der Waals surface area contributed by atoms with Gasteiger partial charge in [-0.3, -0.25) is 4.98 Å². The van der Waals surface area contributed by atoms with Gasteiger partial charge in [-0.05, 0) is 38.3 Å². The summed E-state index contributed by atoms with van der Waals surface area (Å²) in [5, 5.41) is 0. The molecule has 0 saturated carbocycles. The lowest BCUT2D eigenvalue weighted by molar-refractivity contribution is 0.0297. The summed E-state index contributed by atoms with van der Waals surface area (Å²) in [4.78, 5) is 15.4. The standard InChI is InChI=1S/C19H25N5O/c1-3-7-17-14(2)22-19(20)23-18(17)24-11-6-9-16(12-24)25-13-15-8-4-5-10-21-15/h3-5,8,10,16H,1,6-7,9,11-13H2,2H3,(H2,20,22,23)/t16-/m0/s1. The van der Waals surface area contributed by atoms with Gasteiger partial charge in [-0.25, -0.2) is 4.98 Å². The Kier molecular flexibility index (Phi) is 5.60. The Bertz CT molecular complexity index is 719. The van der Waals surface area contributed by atoms with Crippen LogP contribution in [0.5, 0.6) is 0 Å². The van der Waals surface area contributed by atoms with Crippen LogP contribution in [0.15, 0.2) is 37.1 Å². The first-order valence-electron chi connectivity index (χ1n) is 8.67. The number of ether oxygens (including phenoxy) is 1. The molecule has 0 aromatic carbocycles. The molecule has 1 atom stereocenters. The van der Waals surface area contributed by atoms with Crippen LogP contribution < -0.4 is 10.6 Å². The summed E-state index contributed by atoms with van der Waals surface area (Å²) in [5.41, 5.74) is 8.85. The van der Waals surface area contributed by atoms with Gasteiger partial charge < -0.3 is 15.4 Å². The van der Waals surface area contributed by atoms with Crippen LogP contribution in [0, 0.1) is 6.92 Å². The molecule has 2 aromatic rings. The third-order valence-corrected chi connectivity index (χ3v) is 4.43. The molecule has 3 heterocycles. The molecule has 0 bridgehead atoms. The monoisotopic (exact) mass is 339 g/mol. The van der Waals surface area contributed by atoms with Crippen molar-refractivity contribution in [1.82, 2.24) is 15.0 Å². The van der Waals surface area contributed by atoms with Gasteiger partial charge in [0.25, 0.3) is 0 Å². The van der Waals surface area contributed by atoms with Crippen molar-refractivity contribution in [2.24, 2.45) is 0 Å². The van der Waals surface area contributed by atoms with Crippen LogP contribution in [0.1, 0.15) is 29.8 Å². The SMILES string of the molecule is C=CCc1c(C)nc(N)nc1N1CCC[C@H](OCc2ccccn2)C1. The molecular formula is C19H25N5O. The normalized spacial score (nSPS) is 17.5. The van der Waals surface area contributed by atoms with E-state index >= 15 is 0 Å². The molecule has 1 saturated heterocycles. The Labute approximate surface area is 148 Å². The molecule has 2 N–H and O–H groups in total. The number of aryl methyl sites for hydroxylation is 1. The molecule has 0 amide bonds. The van der Waals surface area contributed by atoms with Crippen molar-refractivity contribution in [1.29, 1.82) is 0 Å². The van der Waals surface area contributed by atoms with Gasteiger partial charge in [0.1, 0.15) is 5.82 Å². The number of hydrogen-bond donors (Lipinski definition) is 1. The third kappa shape index (κ3) is 4.33. The van der Waals surface area contributed by atoms with Crippen LogP contribution in [0.25, 0.3) is 0 Å². The Morgan fingerprint density at radius 3 is 3.04 bits per heavy atom. The van der Waals surface area contributed by atoms with Crippen LogP contribution in [0.2, 0.25) is 0 Å². The number of allylic oxidation sites excluding steroid dienone is 1. The van der Waals surface area contributed by atoms with Crippen LogP contribution in [-0.4, -0.2) is 34.1 Å². The quantitative estimate of drug-likeness (QED) is 0.815. The number of anilines is 2. The Morgan fingerprint density at radius 2 is 2.28 bits per heavy atom. The van der Waals surface area contributed by atoms with E-state index in [-0.39, 0.29) is 6.10 Å². The number of nitrogens with two attached hydrogens (primary N) is 1. The predicted octanol–water partition coefficient (Wildman–Crippen LogP) is 2.68. The van der Waals surface area contributed by atoms with Crippen molar-refractivity contribution < 1.29 is 4.74 Å². The van der Waals surface area contributed by atoms with Crippen LogP contribution in [0.4, 0.5) is 11.8 Å². The van der Waals surface area contributed by atoms with Crippen LogP contribution in [-0.2, 0) is 17.8 Å². The van der Waals surface area contributed by atoms with Gasteiger partial charge in [0.2, 0.25) is 5.95 Å². The van der Waals surface area contributed by atoms with Crippen LogP contribution >= 0.6 is 0 Å². The van der Waals surface area contributed by atoms with Gasteiger partial charge in [-0.1, -0.05) is 12.1 Å². The summed E-state index contributed by atoms with van der Waals surface area (Å²) in [7, 11) is 0. The van der Waals surface area contributed by atoms with E-state index in [1.807, 2.05) is 31.2 Å². The van der Waals surface area contributed by atoms with Crippen molar-refractivity contribution in [3.8, 4) is 0 Å². The van der Waals surface area contributed by atoms with E-state index in [0.717, 1.165) is 55.1 Å². The molecule has 0 aliphatic carbocycles. The maximum Gasteiger partial charge on any atom is 0.222 e. The second kappa shape index (κ2) is 8.07. The Morgan fingerprint density at radius 1 is 1.40 bits per heavy atom. The number of hydrogen-bond acceptors (Lipinski definition) is 6. The summed E-state index contributed by atoms with van der Waals surface area (Å²) in [5.74, 6) is 1.23. The fourth-order valence-corrected chi connectivity index (χ4v) is 3.20. The average Bonchev–Trinajstić information content (AvgIpc) is 2.63. The van der Waals surface area contributed by atoms with E-state index in [9.17, 15) is 0 Å². The van der Waals surface area contributed by atoms with Crippen molar-refractivity contribution in [2.75, 3.05) is 23.7 Å². The van der Waals surface area contributed by atoms with Gasteiger partial charge in [0.15, 0.2) is 0 Å². The molecule has 0 unspecified atom stereocenters. The predicted molar refractivity (Wildman–Crippen MR) is 99.3 cm³/mol. The first-order valence-corrected chi connectivity index (χ1v) is 8.67.